The number of hydrogen-bond acceptors (Lipinski definition) is 6. The van der Waals surface area contributed by atoms with Gasteiger partial charge in [-0.05, 0) is 53.3 Å². The number of amides is 2. The van der Waals surface area contributed by atoms with Gasteiger partial charge in [-0.2, -0.15) is 0 Å². The molecule has 4 aromatic carbocycles. The van der Waals surface area contributed by atoms with Crippen LogP contribution < -0.4 is 16.0 Å². The topological polar surface area (TPSA) is 106 Å². The maximum absolute atomic E-state index is 14.1. The van der Waals surface area contributed by atoms with E-state index in [9.17, 15) is 13.8 Å². The second-order valence-corrected chi connectivity index (χ2v) is 12.0. The first-order chi connectivity index (χ1) is 22.5. The van der Waals surface area contributed by atoms with Gasteiger partial charge in [-0.1, -0.05) is 103 Å². The molecule has 8 nitrogen and oxygen atoms in total. The molecule has 0 bridgehead atoms. The van der Waals surface area contributed by atoms with E-state index in [1.807, 2.05) is 97.1 Å². The number of halogens is 1. The summed E-state index contributed by atoms with van der Waals surface area (Å²) in [6, 6.07) is 33.1. The fraction of sp³-hybridized carbons (Fsp3) is 0.250. The van der Waals surface area contributed by atoms with Gasteiger partial charge in [0.25, 0.3) is 0 Å². The first-order valence-electron chi connectivity index (χ1n) is 15.1. The van der Waals surface area contributed by atoms with Crippen LogP contribution in [0.5, 0.6) is 0 Å². The minimum Gasteiger partial charge on any atom is -0.453 e. The SMILES string of the molecule is COC(=O)N[C@H](C(=O)Nc1ccccc1CC[C@@H]1CNC[C@@H](C(=S=O)c2ccc(Cl)cc2)O1)C(c1ccccc1)c1ccccc1. The number of benzene rings is 4. The lowest BCUT2D eigenvalue weighted by molar-refractivity contribution is -0.118. The minimum absolute atomic E-state index is 0.147. The molecule has 3 atom stereocenters. The van der Waals surface area contributed by atoms with E-state index in [4.69, 9.17) is 21.1 Å². The third-order valence-corrected chi connectivity index (χ3v) is 8.90. The van der Waals surface area contributed by atoms with Crippen LogP contribution >= 0.6 is 11.6 Å². The zero-order chi connectivity index (χ0) is 32.3. The fourth-order valence-electron chi connectivity index (χ4n) is 5.70. The van der Waals surface area contributed by atoms with Gasteiger partial charge in [-0.15, -0.1) is 0 Å². The molecule has 0 spiro atoms. The van der Waals surface area contributed by atoms with E-state index in [1.54, 1.807) is 12.1 Å². The lowest BCUT2D eigenvalue weighted by atomic mass is 9.84. The predicted octanol–water partition coefficient (Wildman–Crippen LogP) is 5.56. The number of methoxy groups -OCH3 is 1. The highest BCUT2D eigenvalue weighted by molar-refractivity contribution is 7.67. The molecule has 10 heteroatoms. The van der Waals surface area contributed by atoms with E-state index in [1.165, 1.54) is 7.11 Å². The summed E-state index contributed by atoms with van der Waals surface area (Å²) in [4.78, 5) is 27.2. The van der Waals surface area contributed by atoms with Crippen LogP contribution in [0.25, 0.3) is 0 Å². The molecule has 0 saturated carbocycles. The van der Waals surface area contributed by atoms with Crippen LogP contribution in [0.2, 0.25) is 5.02 Å². The van der Waals surface area contributed by atoms with Crippen LogP contribution in [0.15, 0.2) is 109 Å². The summed E-state index contributed by atoms with van der Waals surface area (Å²) in [6.45, 7) is 1.18. The summed E-state index contributed by atoms with van der Waals surface area (Å²) in [5, 5.41) is 9.88. The molecule has 0 aliphatic carbocycles. The molecule has 3 N–H and O–H groups in total. The molecule has 1 heterocycles. The number of para-hydroxylation sites is 1. The number of carbonyl (C=O) groups excluding carboxylic acids is 2. The molecule has 5 rings (SSSR count). The summed E-state index contributed by atoms with van der Waals surface area (Å²) in [7, 11) is 1.28. The minimum atomic E-state index is -0.969. The van der Waals surface area contributed by atoms with Crippen molar-refractivity contribution in [1.29, 1.82) is 0 Å². The second kappa shape index (κ2) is 16.3. The average molecular weight is 658 g/mol. The standard InChI is InChI=1S/C36H36ClN3O5S/c1-44-36(42)40-33(32(25-11-4-2-5-12-25)26-13-6-3-7-14-26)35(41)39-30-15-9-8-10-24(30)18-21-29-22-38-23-31(45-29)34(46-43)27-16-19-28(37)20-17-27/h2-17,19-20,29,31-33,38H,18,21-23H2,1H3,(H,39,41)(H,40,42)/t29-,31+,33+/m1/s1. The van der Waals surface area contributed by atoms with Crippen LogP contribution in [0.4, 0.5) is 10.5 Å². The molecule has 1 aliphatic rings. The number of nitrogens with one attached hydrogen (secondary N) is 3. The number of rotatable bonds is 11. The summed E-state index contributed by atoms with van der Waals surface area (Å²) in [6.07, 6.45) is 0.0510. The smallest absolute Gasteiger partial charge is 0.407 e. The number of alkyl carbamates (subject to hydrolysis) is 1. The Bertz CT molecular complexity index is 1630. The third-order valence-electron chi connectivity index (χ3n) is 7.97. The molecule has 0 aromatic heterocycles. The predicted molar refractivity (Wildman–Crippen MR) is 183 cm³/mol. The van der Waals surface area contributed by atoms with Gasteiger partial charge in [0.05, 0.1) is 29.3 Å². The molecule has 46 heavy (non-hydrogen) atoms. The maximum Gasteiger partial charge on any atom is 0.407 e. The zero-order valence-corrected chi connectivity index (χ0v) is 26.9. The third kappa shape index (κ3) is 8.50. The summed E-state index contributed by atoms with van der Waals surface area (Å²) >= 11 is 6.48. The van der Waals surface area contributed by atoms with E-state index >= 15 is 0 Å². The van der Waals surface area contributed by atoms with Gasteiger partial charge >= 0.3 is 6.09 Å². The van der Waals surface area contributed by atoms with Gasteiger partial charge in [0.15, 0.2) is 0 Å². The van der Waals surface area contributed by atoms with Crippen LogP contribution in [-0.4, -0.2) is 59.5 Å². The lowest BCUT2D eigenvalue weighted by Gasteiger charge is -2.31. The Morgan fingerprint density at radius 3 is 2.17 bits per heavy atom. The van der Waals surface area contributed by atoms with E-state index in [2.05, 4.69) is 16.0 Å². The van der Waals surface area contributed by atoms with Crippen molar-refractivity contribution in [2.45, 2.75) is 37.0 Å². The van der Waals surface area contributed by atoms with Crippen LogP contribution in [0.1, 0.15) is 34.6 Å². The first-order valence-corrected chi connectivity index (χ1v) is 16.2. The second-order valence-electron chi connectivity index (χ2n) is 11.0. The summed E-state index contributed by atoms with van der Waals surface area (Å²) in [5.74, 6) is -0.849. The first kappa shape index (κ1) is 33.1. The quantitative estimate of drug-likeness (QED) is 0.144. The van der Waals surface area contributed by atoms with E-state index in [-0.39, 0.29) is 18.1 Å². The number of anilines is 1. The Hall–Kier alpha value is -4.28. The Morgan fingerprint density at radius 2 is 1.54 bits per heavy atom. The monoisotopic (exact) mass is 657 g/mol. The van der Waals surface area contributed by atoms with Crippen molar-refractivity contribution in [1.82, 2.24) is 10.6 Å². The van der Waals surface area contributed by atoms with E-state index in [0.29, 0.717) is 52.8 Å². The number of ether oxygens (including phenoxy) is 2. The molecule has 4 aromatic rings. The molecule has 1 aliphatic heterocycles. The van der Waals surface area contributed by atoms with Gasteiger partial charge < -0.3 is 25.4 Å². The van der Waals surface area contributed by atoms with Crippen molar-refractivity contribution in [2.24, 2.45) is 0 Å². The lowest BCUT2D eigenvalue weighted by Crippen LogP contribution is -2.48. The highest BCUT2D eigenvalue weighted by atomic mass is 35.5. The molecule has 2 amide bonds. The number of hydrogen-bond donors (Lipinski definition) is 3. The molecule has 0 radical (unpaired) electrons. The van der Waals surface area contributed by atoms with Gasteiger partial charge in [0.1, 0.15) is 12.1 Å². The van der Waals surface area contributed by atoms with Crippen molar-refractivity contribution in [3.05, 3.63) is 136 Å². The molecule has 238 valence electrons. The number of morpholine rings is 1. The fourth-order valence-corrected chi connectivity index (χ4v) is 6.31. The molecule has 1 fully saturated rings. The Labute approximate surface area is 277 Å². The Balaban J connectivity index is 1.32. The van der Waals surface area contributed by atoms with Crippen molar-refractivity contribution >= 4 is 45.4 Å². The van der Waals surface area contributed by atoms with Crippen LogP contribution in [-0.2, 0) is 31.9 Å². The van der Waals surface area contributed by atoms with E-state index in [0.717, 1.165) is 22.3 Å². The van der Waals surface area contributed by atoms with Crippen molar-refractivity contribution < 1.29 is 23.3 Å². The van der Waals surface area contributed by atoms with Gasteiger partial charge in [-0.25, -0.2) is 9.00 Å². The largest absolute Gasteiger partial charge is 0.453 e. The highest BCUT2D eigenvalue weighted by Crippen LogP contribution is 2.30. The summed E-state index contributed by atoms with van der Waals surface area (Å²) in [5.41, 5.74) is 4.12. The zero-order valence-electron chi connectivity index (χ0n) is 25.4. The number of carbonyl (C=O) groups is 2. The Morgan fingerprint density at radius 1 is 0.913 bits per heavy atom. The average Bonchev–Trinajstić information content (AvgIpc) is 3.10. The molecule has 1 saturated heterocycles. The molecular weight excluding hydrogens is 622 g/mol. The Kier molecular flexibility index (Phi) is 11.7. The molecule has 0 unspecified atom stereocenters. The maximum atomic E-state index is 14.1. The van der Waals surface area contributed by atoms with Crippen molar-refractivity contribution in [3.63, 3.8) is 0 Å². The van der Waals surface area contributed by atoms with Crippen molar-refractivity contribution in [3.8, 4) is 0 Å². The number of aryl methyl sites for hydroxylation is 1. The van der Waals surface area contributed by atoms with Crippen LogP contribution in [0.3, 0.4) is 0 Å². The van der Waals surface area contributed by atoms with E-state index < -0.39 is 18.1 Å². The molecular formula is C36H36ClN3O5S. The van der Waals surface area contributed by atoms with Crippen molar-refractivity contribution in [2.75, 3.05) is 25.5 Å². The summed E-state index contributed by atoms with van der Waals surface area (Å²) < 4.78 is 23.4. The van der Waals surface area contributed by atoms with Gasteiger partial charge in [-0.3, -0.25) is 4.79 Å². The van der Waals surface area contributed by atoms with Gasteiger partial charge in [0, 0.05) is 29.7 Å². The highest BCUT2D eigenvalue weighted by Gasteiger charge is 2.33. The van der Waals surface area contributed by atoms with Gasteiger partial charge in [0.2, 0.25) is 5.91 Å². The normalized spacial score (nSPS) is 16.7. The van der Waals surface area contributed by atoms with Crippen LogP contribution in [0, 0.1) is 0 Å².